The highest BCUT2D eigenvalue weighted by molar-refractivity contribution is 7.17. The zero-order valence-corrected chi connectivity index (χ0v) is 23.5. The van der Waals surface area contributed by atoms with Crippen LogP contribution >= 0.6 is 11.3 Å². The minimum Gasteiger partial charge on any atom is -0.493 e. The molecule has 2 heterocycles. The van der Waals surface area contributed by atoms with E-state index in [2.05, 4.69) is 5.32 Å². The van der Waals surface area contributed by atoms with Crippen molar-refractivity contribution in [3.63, 3.8) is 0 Å². The first-order valence-corrected chi connectivity index (χ1v) is 13.7. The summed E-state index contributed by atoms with van der Waals surface area (Å²) < 4.78 is 13.0. The number of methoxy groups -OCH3 is 2. The normalized spacial score (nSPS) is 10.9. The van der Waals surface area contributed by atoms with Gasteiger partial charge in [-0.1, -0.05) is 36.4 Å². The van der Waals surface area contributed by atoms with E-state index in [4.69, 9.17) is 9.47 Å². The number of nitrogens with one attached hydrogen (secondary N) is 1. The Morgan fingerprint density at radius 1 is 0.925 bits per heavy atom. The van der Waals surface area contributed by atoms with E-state index in [1.165, 1.54) is 15.9 Å². The average molecular weight is 565 g/mol. The third-order valence-electron chi connectivity index (χ3n) is 6.57. The maximum absolute atomic E-state index is 13.4. The lowest BCUT2D eigenvalue weighted by Gasteiger charge is -2.22. The van der Waals surface area contributed by atoms with E-state index in [-0.39, 0.29) is 12.5 Å². The fourth-order valence-electron chi connectivity index (χ4n) is 4.42. The zero-order valence-electron chi connectivity index (χ0n) is 22.7. The van der Waals surface area contributed by atoms with Gasteiger partial charge in [-0.3, -0.25) is 19.0 Å². The second kappa shape index (κ2) is 13.1. The lowest BCUT2D eigenvalue weighted by Crippen LogP contribution is -2.45. The van der Waals surface area contributed by atoms with Crippen LogP contribution in [0.15, 0.2) is 69.6 Å². The van der Waals surface area contributed by atoms with Crippen LogP contribution in [0.2, 0.25) is 0 Å². The lowest BCUT2D eigenvalue weighted by molar-refractivity contribution is -0.132. The van der Waals surface area contributed by atoms with E-state index >= 15 is 0 Å². The maximum Gasteiger partial charge on any atom is 0.332 e. The number of thiophene rings is 1. The second-order valence-corrected chi connectivity index (χ2v) is 9.99. The van der Waals surface area contributed by atoms with Crippen LogP contribution in [0.3, 0.4) is 0 Å². The summed E-state index contributed by atoms with van der Waals surface area (Å²) in [6.45, 7) is 2.33. The predicted molar refractivity (Wildman–Crippen MR) is 154 cm³/mol. The number of rotatable bonds is 12. The summed E-state index contributed by atoms with van der Waals surface area (Å²) in [5.74, 6) is 0.455. The van der Waals surface area contributed by atoms with Crippen LogP contribution < -0.4 is 26.0 Å². The highest BCUT2D eigenvalue weighted by Crippen LogP contribution is 2.27. The van der Waals surface area contributed by atoms with Crippen molar-refractivity contribution in [3.8, 4) is 11.5 Å². The van der Waals surface area contributed by atoms with Crippen LogP contribution in [-0.4, -0.2) is 53.2 Å². The number of ether oxygens (including phenoxy) is 2. The first-order chi connectivity index (χ1) is 19.4. The molecular weight excluding hydrogens is 532 g/mol. The number of hydrogen-bond donors (Lipinski definition) is 1. The molecule has 0 aliphatic carbocycles. The fraction of sp³-hybridized carbons (Fsp3) is 0.310. The molecule has 0 atom stereocenters. The Morgan fingerprint density at radius 3 is 2.38 bits per heavy atom. The molecule has 0 fully saturated rings. The topological polar surface area (TPSA) is 112 Å². The second-order valence-electron chi connectivity index (χ2n) is 9.08. The van der Waals surface area contributed by atoms with Gasteiger partial charge in [0.25, 0.3) is 5.56 Å². The molecule has 0 aliphatic heterocycles. The molecule has 0 aliphatic rings. The number of likely N-dealkylation sites (N-methyl/N-ethyl adjacent to an activating group) is 1. The summed E-state index contributed by atoms with van der Waals surface area (Å²) in [4.78, 5) is 54.2. The van der Waals surface area contributed by atoms with Gasteiger partial charge in [-0.2, -0.15) is 0 Å². The monoisotopic (exact) mass is 564 g/mol. The minimum atomic E-state index is -0.699. The Kier molecular flexibility index (Phi) is 9.39. The highest BCUT2D eigenvalue weighted by atomic mass is 32.1. The van der Waals surface area contributed by atoms with Gasteiger partial charge in [-0.05, 0) is 48.1 Å². The number of hydrogen-bond acceptors (Lipinski definition) is 7. The van der Waals surface area contributed by atoms with Crippen molar-refractivity contribution in [2.75, 3.05) is 27.3 Å². The summed E-state index contributed by atoms with van der Waals surface area (Å²) in [6, 6.07) is 16.7. The summed E-state index contributed by atoms with van der Waals surface area (Å²) in [5.41, 5.74) is 1.03. The first-order valence-electron chi connectivity index (χ1n) is 12.9. The van der Waals surface area contributed by atoms with E-state index in [9.17, 15) is 19.2 Å². The zero-order chi connectivity index (χ0) is 28.6. The molecule has 4 aromatic rings. The molecule has 0 bridgehead atoms. The molecule has 1 N–H and O–H groups in total. The number of amides is 2. The van der Waals surface area contributed by atoms with Gasteiger partial charge in [0, 0.05) is 19.6 Å². The van der Waals surface area contributed by atoms with Gasteiger partial charge < -0.3 is 19.7 Å². The summed E-state index contributed by atoms with van der Waals surface area (Å²) in [7, 11) is 3.11. The SMILES string of the molecule is CCN(Cc1ccccc1)C(=O)Cn1c(=O)n(CC(=O)NCCc2ccc(OC)c(OC)c2)c(=O)c2sccc21. The Hall–Kier alpha value is -4.38. The van der Waals surface area contributed by atoms with Crippen molar-refractivity contribution in [1.82, 2.24) is 19.4 Å². The Morgan fingerprint density at radius 2 is 1.68 bits per heavy atom. The standard InChI is InChI=1S/C29H32N4O6S/c1-4-31(17-21-8-6-5-7-9-21)26(35)19-32-22-13-15-40-27(22)28(36)33(29(32)37)18-25(34)30-14-12-20-10-11-23(38-2)24(16-20)39-3/h5-11,13,15-16H,4,12,14,17-19H2,1-3H3,(H,30,34). The van der Waals surface area contributed by atoms with Crippen molar-refractivity contribution in [3.05, 3.63) is 91.9 Å². The molecule has 0 saturated carbocycles. The number of fused-ring (bicyclic) bond motifs is 1. The molecule has 2 amide bonds. The molecule has 11 heteroatoms. The van der Waals surface area contributed by atoms with Crippen LogP contribution in [0.5, 0.6) is 11.5 Å². The van der Waals surface area contributed by atoms with E-state index < -0.39 is 23.7 Å². The third-order valence-corrected chi connectivity index (χ3v) is 7.46. The average Bonchev–Trinajstić information content (AvgIpc) is 3.46. The van der Waals surface area contributed by atoms with Crippen LogP contribution in [0, 0.1) is 0 Å². The summed E-state index contributed by atoms with van der Waals surface area (Å²) >= 11 is 1.17. The van der Waals surface area contributed by atoms with E-state index in [1.54, 1.807) is 36.6 Å². The summed E-state index contributed by atoms with van der Waals surface area (Å²) in [5, 5.41) is 4.46. The number of nitrogens with zero attached hydrogens (tertiary/aromatic N) is 3. The molecule has 0 radical (unpaired) electrons. The van der Waals surface area contributed by atoms with Gasteiger partial charge >= 0.3 is 5.69 Å². The molecule has 2 aromatic heterocycles. The number of benzene rings is 2. The lowest BCUT2D eigenvalue weighted by atomic mass is 10.1. The molecule has 2 aromatic carbocycles. The van der Waals surface area contributed by atoms with Crippen LogP contribution in [0.1, 0.15) is 18.1 Å². The molecule has 0 unspecified atom stereocenters. The number of carbonyl (C=O) groups excluding carboxylic acids is 2. The summed E-state index contributed by atoms with van der Waals surface area (Å²) in [6.07, 6.45) is 0.512. The molecule has 210 valence electrons. The van der Waals surface area contributed by atoms with Crippen molar-refractivity contribution in [2.24, 2.45) is 0 Å². The van der Waals surface area contributed by atoms with Gasteiger partial charge in [-0.25, -0.2) is 9.36 Å². The van der Waals surface area contributed by atoms with Crippen molar-refractivity contribution < 1.29 is 19.1 Å². The van der Waals surface area contributed by atoms with E-state index in [0.717, 1.165) is 15.7 Å². The largest absolute Gasteiger partial charge is 0.493 e. The quantitative estimate of drug-likeness (QED) is 0.283. The molecular formula is C29H32N4O6S. The van der Waals surface area contributed by atoms with Crippen molar-refractivity contribution in [1.29, 1.82) is 0 Å². The van der Waals surface area contributed by atoms with Gasteiger partial charge in [-0.15, -0.1) is 11.3 Å². The van der Waals surface area contributed by atoms with Crippen LogP contribution in [0.25, 0.3) is 10.2 Å². The van der Waals surface area contributed by atoms with Gasteiger partial charge in [0.05, 0.1) is 19.7 Å². The minimum absolute atomic E-state index is 0.242. The van der Waals surface area contributed by atoms with Crippen LogP contribution in [-0.2, 0) is 35.6 Å². The predicted octanol–water partition coefficient (Wildman–Crippen LogP) is 2.65. The molecule has 0 saturated heterocycles. The number of carbonyl (C=O) groups is 2. The number of aromatic nitrogens is 2. The third kappa shape index (κ3) is 6.42. The van der Waals surface area contributed by atoms with Crippen LogP contribution in [0.4, 0.5) is 0 Å². The molecule has 0 spiro atoms. The first kappa shape index (κ1) is 28.6. The van der Waals surface area contributed by atoms with Gasteiger partial charge in [0.2, 0.25) is 11.8 Å². The smallest absolute Gasteiger partial charge is 0.332 e. The van der Waals surface area contributed by atoms with E-state index in [1.807, 2.05) is 49.4 Å². The maximum atomic E-state index is 13.4. The van der Waals surface area contributed by atoms with Gasteiger partial charge in [0.1, 0.15) is 17.8 Å². The molecule has 10 nitrogen and oxygen atoms in total. The molecule has 40 heavy (non-hydrogen) atoms. The van der Waals surface area contributed by atoms with Gasteiger partial charge in [0.15, 0.2) is 11.5 Å². The van der Waals surface area contributed by atoms with Crippen molar-refractivity contribution in [2.45, 2.75) is 33.0 Å². The Balaban J connectivity index is 1.49. The highest BCUT2D eigenvalue weighted by Gasteiger charge is 2.20. The van der Waals surface area contributed by atoms with Crippen molar-refractivity contribution >= 4 is 33.4 Å². The molecule has 4 rings (SSSR count). The Labute approximate surface area is 235 Å². The fourth-order valence-corrected chi connectivity index (χ4v) is 5.27. The Bertz CT molecular complexity index is 1610. The van der Waals surface area contributed by atoms with E-state index in [0.29, 0.717) is 47.8 Å².